The van der Waals surface area contributed by atoms with Crippen LogP contribution in [0, 0.1) is 13.8 Å². The van der Waals surface area contributed by atoms with Crippen LogP contribution in [-0.2, 0) is 11.2 Å². The van der Waals surface area contributed by atoms with Crippen molar-refractivity contribution >= 4 is 23.2 Å². The van der Waals surface area contributed by atoms with Crippen molar-refractivity contribution in [1.82, 2.24) is 10.3 Å². The summed E-state index contributed by atoms with van der Waals surface area (Å²) in [6.45, 7) is 3.77. The molecule has 0 spiro atoms. The molecule has 2 N–H and O–H groups in total. The van der Waals surface area contributed by atoms with Gasteiger partial charge in [-0.1, -0.05) is 60.2 Å². The van der Waals surface area contributed by atoms with E-state index < -0.39 is 17.9 Å². The third-order valence-corrected chi connectivity index (χ3v) is 5.39. The molecule has 6 heteroatoms. The predicted octanol–water partition coefficient (Wildman–Crippen LogP) is 3.85. The molecule has 2 aromatic carbocycles. The van der Waals surface area contributed by atoms with Crippen LogP contribution in [0.25, 0.3) is 10.6 Å². The molecule has 1 atom stereocenters. The van der Waals surface area contributed by atoms with Crippen molar-refractivity contribution in [2.45, 2.75) is 26.3 Å². The quantitative estimate of drug-likeness (QED) is 0.681. The summed E-state index contributed by atoms with van der Waals surface area (Å²) in [5.41, 5.74) is 3.53. The van der Waals surface area contributed by atoms with E-state index in [1.165, 1.54) is 11.3 Å². The van der Waals surface area contributed by atoms with Gasteiger partial charge in [0.1, 0.15) is 15.9 Å². The molecular weight excluding hydrogens is 360 g/mol. The van der Waals surface area contributed by atoms with Gasteiger partial charge >= 0.3 is 5.97 Å². The van der Waals surface area contributed by atoms with E-state index in [0.29, 0.717) is 10.6 Å². The van der Waals surface area contributed by atoms with Crippen LogP contribution in [0.3, 0.4) is 0 Å². The fourth-order valence-corrected chi connectivity index (χ4v) is 3.68. The van der Waals surface area contributed by atoms with Crippen molar-refractivity contribution in [3.05, 3.63) is 76.3 Å². The van der Waals surface area contributed by atoms with E-state index in [-0.39, 0.29) is 6.42 Å². The number of benzene rings is 2. The zero-order chi connectivity index (χ0) is 19.4. The van der Waals surface area contributed by atoms with E-state index in [1.54, 1.807) is 6.92 Å². The van der Waals surface area contributed by atoms with Gasteiger partial charge in [0.05, 0.1) is 5.69 Å². The first-order valence-corrected chi connectivity index (χ1v) is 9.38. The molecule has 1 amide bonds. The lowest BCUT2D eigenvalue weighted by Crippen LogP contribution is -2.42. The Morgan fingerprint density at radius 2 is 1.74 bits per heavy atom. The number of rotatable bonds is 6. The molecule has 1 heterocycles. The van der Waals surface area contributed by atoms with E-state index in [9.17, 15) is 14.7 Å². The second-order valence-electron chi connectivity index (χ2n) is 6.35. The number of aromatic nitrogens is 1. The highest BCUT2D eigenvalue weighted by molar-refractivity contribution is 7.17. The van der Waals surface area contributed by atoms with Gasteiger partial charge in [0.2, 0.25) is 0 Å². The zero-order valence-corrected chi connectivity index (χ0v) is 15.9. The number of carboxylic acid groups (broad SMARTS) is 1. The summed E-state index contributed by atoms with van der Waals surface area (Å²) in [6.07, 6.45) is 0.227. The van der Waals surface area contributed by atoms with Gasteiger partial charge in [-0.2, -0.15) is 0 Å². The second kappa shape index (κ2) is 8.14. The van der Waals surface area contributed by atoms with Crippen molar-refractivity contribution in [1.29, 1.82) is 0 Å². The van der Waals surface area contributed by atoms with Crippen LogP contribution in [0.1, 0.15) is 26.5 Å². The highest BCUT2D eigenvalue weighted by atomic mass is 32.1. The number of thiazole rings is 1. The molecule has 0 saturated carbocycles. The molecule has 1 aromatic heterocycles. The maximum atomic E-state index is 12.7. The molecule has 5 nitrogen and oxygen atoms in total. The number of carboxylic acids is 1. The molecule has 0 fully saturated rings. The summed E-state index contributed by atoms with van der Waals surface area (Å²) in [6, 6.07) is 16.2. The van der Waals surface area contributed by atoms with E-state index >= 15 is 0 Å². The van der Waals surface area contributed by atoms with Gasteiger partial charge in [0.25, 0.3) is 5.91 Å². The van der Waals surface area contributed by atoms with Crippen molar-refractivity contribution < 1.29 is 14.7 Å². The molecule has 138 valence electrons. The van der Waals surface area contributed by atoms with Crippen LogP contribution in [0.4, 0.5) is 0 Å². The molecule has 3 aromatic rings. The third-order valence-electron chi connectivity index (χ3n) is 4.19. The molecule has 0 radical (unpaired) electrons. The van der Waals surface area contributed by atoms with Crippen LogP contribution in [0.5, 0.6) is 0 Å². The summed E-state index contributed by atoms with van der Waals surface area (Å²) in [7, 11) is 0. The highest BCUT2D eigenvalue weighted by Gasteiger charge is 2.24. The smallest absolute Gasteiger partial charge is 0.326 e. The summed E-state index contributed by atoms with van der Waals surface area (Å²) in [5, 5.41) is 12.9. The Morgan fingerprint density at radius 3 is 2.37 bits per heavy atom. The molecule has 0 aliphatic carbocycles. The molecule has 0 saturated heterocycles. The van der Waals surface area contributed by atoms with Gasteiger partial charge < -0.3 is 10.4 Å². The van der Waals surface area contributed by atoms with Crippen molar-refractivity contribution in [2.24, 2.45) is 0 Å². The van der Waals surface area contributed by atoms with Gasteiger partial charge in [0, 0.05) is 12.0 Å². The van der Waals surface area contributed by atoms with E-state index in [4.69, 9.17) is 0 Å². The number of aryl methyl sites for hydroxylation is 2. The summed E-state index contributed by atoms with van der Waals surface area (Å²) < 4.78 is 0. The van der Waals surface area contributed by atoms with Crippen LogP contribution in [0.2, 0.25) is 0 Å². The SMILES string of the molecule is Cc1ccc(-c2nc(C)c(C(=O)NC(Cc3ccccc3)C(=O)O)s2)cc1. The topological polar surface area (TPSA) is 79.3 Å². The first-order valence-electron chi connectivity index (χ1n) is 8.56. The Bertz CT molecular complexity index is 949. The molecule has 0 aliphatic rings. The number of carbonyl (C=O) groups is 2. The molecular formula is C21H20N2O3S. The number of nitrogens with one attached hydrogen (secondary N) is 1. The lowest BCUT2D eigenvalue weighted by Gasteiger charge is -2.14. The molecule has 3 rings (SSSR count). The fourth-order valence-electron chi connectivity index (χ4n) is 2.70. The van der Waals surface area contributed by atoms with Crippen LogP contribution < -0.4 is 5.32 Å². The summed E-state index contributed by atoms with van der Waals surface area (Å²) >= 11 is 1.27. The Hall–Kier alpha value is -2.99. The normalized spacial score (nSPS) is 11.8. The average molecular weight is 380 g/mol. The summed E-state index contributed by atoms with van der Waals surface area (Å²) in [4.78, 5) is 29.2. The lowest BCUT2D eigenvalue weighted by molar-refractivity contribution is -0.139. The first kappa shape index (κ1) is 18.8. The van der Waals surface area contributed by atoms with Crippen molar-refractivity contribution in [3.8, 4) is 10.6 Å². The molecule has 27 heavy (non-hydrogen) atoms. The maximum absolute atomic E-state index is 12.7. The summed E-state index contributed by atoms with van der Waals surface area (Å²) in [5.74, 6) is -1.47. The average Bonchev–Trinajstić information content (AvgIpc) is 3.04. The number of nitrogens with zero attached hydrogens (tertiary/aromatic N) is 1. The molecule has 0 aliphatic heterocycles. The minimum absolute atomic E-state index is 0.227. The van der Waals surface area contributed by atoms with Gasteiger partial charge in [-0.25, -0.2) is 9.78 Å². The predicted molar refractivity (Wildman–Crippen MR) is 106 cm³/mol. The van der Waals surface area contributed by atoms with E-state index in [1.807, 2.05) is 61.5 Å². The lowest BCUT2D eigenvalue weighted by atomic mass is 10.1. The molecule has 0 bridgehead atoms. The zero-order valence-electron chi connectivity index (χ0n) is 15.1. The van der Waals surface area contributed by atoms with Crippen molar-refractivity contribution in [2.75, 3.05) is 0 Å². The standard InChI is InChI=1S/C21H20N2O3S/c1-13-8-10-16(11-9-13)20-22-14(2)18(27-20)19(24)23-17(21(25)26)12-15-6-4-3-5-7-15/h3-11,17H,12H2,1-2H3,(H,23,24)(H,25,26). The van der Waals surface area contributed by atoms with Crippen LogP contribution in [-0.4, -0.2) is 28.0 Å². The van der Waals surface area contributed by atoms with Gasteiger partial charge in [-0.05, 0) is 19.4 Å². The molecule has 1 unspecified atom stereocenters. The van der Waals surface area contributed by atoms with Gasteiger partial charge in [-0.3, -0.25) is 4.79 Å². The minimum Gasteiger partial charge on any atom is -0.480 e. The van der Waals surface area contributed by atoms with Gasteiger partial charge in [-0.15, -0.1) is 11.3 Å². The first-order chi connectivity index (χ1) is 12.9. The number of amides is 1. The Kier molecular flexibility index (Phi) is 5.66. The number of aliphatic carboxylic acids is 1. The minimum atomic E-state index is -1.06. The van der Waals surface area contributed by atoms with Gasteiger partial charge in [0.15, 0.2) is 0 Å². The number of hydrogen-bond acceptors (Lipinski definition) is 4. The third kappa shape index (κ3) is 4.60. The number of hydrogen-bond donors (Lipinski definition) is 2. The highest BCUT2D eigenvalue weighted by Crippen LogP contribution is 2.28. The monoisotopic (exact) mass is 380 g/mol. The van der Waals surface area contributed by atoms with Crippen LogP contribution in [0.15, 0.2) is 54.6 Å². The van der Waals surface area contributed by atoms with E-state index in [0.717, 1.165) is 21.7 Å². The largest absolute Gasteiger partial charge is 0.480 e. The van der Waals surface area contributed by atoms with E-state index in [2.05, 4.69) is 10.3 Å². The fraction of sp³-hybridized carbons (Fsp3) is 0.190. The maximum Gasteiger partial charge on any atom is 0.326 e. The Balaban J connectivity index is 1.78. The second-order valence-corrected chi connectivity index (χ2v) is 7.35. The Morgan fingerprint density at radius 1 is 1.07 bits per heavy atom. The number of carbonyl (C=O) groups excluding carboxylic acids is 1. The Labute approximate surface area is 161 Å². The van der Waals surface area contributed by atoms with Crippen LogP contribution >= 0.6 is 11.3 Å². The van der Waals surface area contributed by atoms with Crippen molar-refractivity contribution in [3.63, 3.8) is 0 Å².